The van der Waals surface area contributed by atoms with Gasteiger partial charge in [-0.2, -0.15) is 0 Å². The van der Waals surface area contributed by atoms with E-state index >= 15 is 0 Å². The molecule has 0 aliphatic rings. The van der Waals surface area contributed by atoms with Gasteiger partial charge >= 0.3 is 5.97 Å². The van der Waals surface area contributed by atoms with Gasteiger partial charge in [-0.3, -0.25) is 4.79 Å². The molecule has 3 nitrogen and oxygen atoms in total. The maximum atomic E-state index is 10.7. The molecule has 76 valence electrons. The fraction of sp³-hybridized carbons (Fsp3) is 0.700. The van der Waals surface area contributed by atoms with Gasteiger partial charge in [0.25, 0.3) is 0 Å². The highest BCUT2D eigenvalue weighted by molar-refractivity contribution is 5.68. The van der Waals surface area contributed by atoms with Crippen LogP contribution in [-0.4, -0.2) is 24.3 Å². The second kappa shape index (κ2) is 7.80. The molecule has 3 heteroatoms. The van der Waals surface area contributed by atoms with Crippen LogP contribution in [0.5, 0.6) is 0 Å². The van der Waals surface area contributed by atoms with Crippen molar-refractivity contribution in [1.82, 2.24) is 0 Å². The van der Waals surface area contributed by atoms with Crippen molar-refractivity contribution in [2.75, 3.05) is 7.11 Å². The predicted octanol–water partition coefficient (Wildman–Crippen LogP) is 1.66. The van der Waals surface area contributed by atoms with Crippen molar-refractivity contribution >= 4 is 5.97 Å². The van der Waals surface area contributed by atoms with E-state index < -0.39 is 0 Å². The van der Waals surface area contributed by atoms with Crippen LogP contribution >= 0.6 is 0 Å². The van der Waals surface area contributed by atoms with Crippen molar-refractivity contribution in [3.05, 3.63) is 12.7 Å². The molecule has 0 aromatic rings. The van der Waals surface area contributed by atoms with Gasteiger partial charge in [-0.1, -0.05) is 6.08 Å². The van der Waals surface area contributed by atoms with Gasteiger partial charge in [-0.15, -0.1) is 6.58 Å². The molecule has 0 amide bonds. The Balaban J connectivity index is 3.30. The molecule has 0 bridgehead atoms. The number of esters is 1. The first-order valence-electron chi connectivity index (χ1n) is 4.56. The highest BCUT2D eigenvalue weighted by atomic mass is 16.5. The zero-order valence-corrected chi connectivity index (χ0v) is 8.16. The first kappa shape index (κ1) is 12.2. The molecule has 0 aliphatic carbocycles. The van der Waals surface area contributed by atoms with E-state index in [9.17, 15) is 9.90 Å². The zero-order valence-electron chi connectivity index (χ0n) is 8.16. The molecule has 0 radical (unpaired) electrons. The molecule has 0 saturated heterocycles. The summed E-state index contributed by atoms with van der Waals surface area (Å²) in [5.74, 6) is -0.212. The quantitative estimate of drug-likeness (QED) is 0.486. The maximum Gasteiger partial charge on any atom is 0.305 e. The minimum Gasteiger partial charge on any atom is -0.469 e. The van der Waals surface area contributed by atoms with Gasteiger partial charge < -0.3 is 9.84 Å². The summed E-state index contributed by atoms with van der Waals surface area (Å²) in [6.45, 7) is 3.57. The number of carbonyl (C=O) groups excluding carboxylic acids is 1. The van der Waals surface area contributed by atoms with E-state index in [1.807, 2.05) is 0 Å². The number of hydrogen-bond acceptors (Lipinski definition) is 3. The summed E-state index contributed by atoms with van der Waals surface area (Å²) in [7, 11) is 1.37. The second-order valence-electron chi connectivity index (χ2n) is 2.99. The molecule has 0 saturated carbocycles. The van der Waals surface area contributed by atoms with Crippen LogP contribution in [0.3, 0.4) is 0 Å². The minimum atomic E-state index is -0.317. The van der Waals surface area contributed by atoms with E-state index in [2.05, 4.69) is 11.3 Å². The summed E-state index contributed by atoms with van der Waals surface area (Å²) in [6.07, 6.45) is 4.74. The summed E-state index contributed by atoms with van der Waals surface area (Å²) in [4.78, 5) is 10.7. The number of aliphatic hydroxyl groups is 1. The number of rotatable bonds is 7. The number of ether oxygens (including phenoxy) is 1. The van der Waals surface area contributed by atoms with Crippen LogP contribution in [0.25, 0.3) is 0 Å². The third kappa shape index (κ3) is 7.53. The first-order chi connectivity index (χ1) is 6.20. The molecule has 13 heavy (non-hydrogen) atoms. The number of carbonyl (C=O) groups is 1. The van der Waals surface area contributed by atoms with E-state index in [-0.39, 0.29) is 12.1 Å². The van der Waals surface area contributed by atoms with Crippen LogP contribution in [0, 0.1) is 0 Å². The lowest BCUT2D eigenvalue weighted by Gasteiger charge is -2.07. The second-order valence-corrected chi connectivity index (χ2v) is 2.99. The molecule has 0 rings (SSSR count). The molecular formula is C10H18O3. The van der Waals surface area contributed by atoms with E-state index in [4.69, 9.17) is 0 Å². The fourth-order valence-electron chi connectivity index (χ4n) is 1.04. The molecule has 1 N–H and O–H groups in total. The molecule has 1 unspecified atom stereocenters. The van der Waals surface area contributed by atoms with Crippen LogP contribution in [0.2, 0.25) is 0 Å². The van der Waals surface area contributed by atoms with E-state index in [1.165, 1.54) is 7.11 Å². The fourth-order valence-corrected chi connectivity index (χ4v) is 1.04. The monoisotopic (exact) mass is 186 g/mol. The van der Waals surface area contributed by atoms with Crippen molar-refractivity contribution in [2.24, 2.45) is 0 Å². The number of methoxy groups -OCH3 is 1. The molecule has 0 aliphatic heterocycles. The van der Waals surface area contributed by atoms with Crippen LogP contribution in [0.15, 0.2) is 12.7 Å². The van der Waals surface area contributed by atoms with Crippen molar-refractivity contribution in [3.8, 4) is 0 Å². The third-order valence-electron chi connectivity index (χ3n) is 1.85. The standard InChI is InChI=1S/C10H18O3/c1-3-4-6-9(11)7-5-8-10(12)13-2/h3,9,11H,1,4-8H2,2H3. The Kier molecular flexibility index (Phi) is 7.30. The maximum absolute atomic E-state index is 10.7. The first-order valence-corrected chi connectivity index (χ1v) is 4.56. The van der Waals surface area contributed by atoms with Crippen LogP contribution in [0.1, 0.15) is 32.1 Å². The van der Waals surface area contributed by atoms with Crippen molar-refractivity contribution in [1.29, 1.82) is 0 Å². The van der Waals surface area contributed by atoms with Crippen LogP contribution in [-0.2, 0) is 9.53 Å². The molecule has 0 spiro atoms. The van der Waals surface area contributed by atoms with Gasteiger partial charge in [0.2, 0.25) is 0 Å². The lowest BCUT2D eigenvalue weighted by Crippen LogP contribution is -2.07. The summed E-state index contributed by atoms with van der Waals surface area (Å²) in [5.41, 5.74) is 0. The summed E-state index contributed by atoms with van der Waals surface area (Å²) in [5, 5.41) is 9.37. The highest BCUT2D eigenvalue weighted by Crippen LogP contribution is 2.07. The van der Waals surface area contributed by atoms with Crippen molar-refractivity contribution in [3.63, 3.8) is 0 Å². The van der Waals surface area contributed by atoms with E-state index in [0.29, 0.717) is 19.3 Å². The van der Waals surface area contributed by atoms with Crippen LogP contribution < -0.4 is 0 Å². The Hall–Kier alpha value is -0.830. The van der Waals surface area contributed by atoms with Gasteiger partial charge in [0, 0.05) is 6.42 Å². The topological polar surface area (TPSA) is 46.5 Å². The third-order valence-corrected chi connectivity index (χ3v) is 1.85. The SMILES string of the molecule is C=CCCC(O)CCCC(=O)OC. The number of allylic oxidation sites excluding steroid dienone is 1. The Morgan fingerprint density at radius 1 is 1.62 bits per heavy atom. The molecule has 0 aromatic heterocycles. The van der Waals surface area contributed by atoms with Gasteiger partial charge in [-0.25, -0.2) is 0 Å². The lowest BCUT2D eigenvalue weighted by molar-refractivity contribution is -0.140. The molecule has 0 heterocycles. The summed E-state index contributed by atoms with van der Waals surface area (Å²) >= 11 is 0. The van der Waals surface area contributed by atoms with Crippen molar-refractivity contribution in [2.45, 2.75) is 38.2 Å². The number of hydrogen-bond donors (Lipinski definition) is 1. The minimum absolute atomic E-state index is 0.212. The average Bonchev–Trinajstić information content (AvgIpc) is 2.14. The molecule has 1 atom stereocenters. The Morgan fingerprint density at radius 3 is 2.85 bits per heavy atom. The van der Waals surface area contributed by atoms with Gasteiger partial charge in [-0.05, 0) is 25.7 Å². The Bertz CT molecular complexity index is 154. The summed E-state index contributed by atoms with van der Waals surface area (Å²) in [6, 6.07) is 0. The molecule has 0 aromatic carbocycles. The average molecular weight is 186 g/mol. The van der Waals surface area contributed by atoms with Gasteiger partial charge in [0.1, 0.15) is 0 Å². The Morgan fingerprint density at radius 2 is 2.31 bits per heavy atom. The lowest BCUT2D eigenvalue weighted by atomic mass is 10.1. The van der Waals surface area contributed by atoms with Crippen molar-refractivity contribution < 1.29 is 14.6 Å². The Labute approximate surface area is 79.4 Å². The molecule has 0 fully saturated rings. The van der Waals surface area contributed by atoms with Gasteiger partial charge in [0.05, 0.1) is 13.2 Å². The predicted molar refractivity (Wildman–Crippen MR) is 51.3 cm³/mol. The smallest absolute Gasteiger partial charge is 0.305 e. The zero-order chi connectivity index (χ0) is 10.1. The normalized spacial score (nSPS) is 12.2. The molecular weight excluding hydrogens is 168 g/mol. The highest BCUT2D eigenvalue weighted by Gasteiger charge is 2.05. The summed E-state index contributed by atoms with van der Waals surface area (Å²) < 4.78 is 4.48. The number of aliphatic hydroxyl groups excluding tert-OH is 1. The van der Waals surface area contributed by atoms with E-state index in [0.717, 1.165) is 12.8 Å². The largest absolute Gasteiger partial charge is 0.469 e. The van der Waals surface area contributed by atoms with Crippen LogP contribution in [0.4, 0.5) is 0 Å². The van der Waals surface area contributed by atoms with Gasteiger partial charge in [0.15, 0.2) is 0 Å². The van der Waals surface area contributed by atoms with E-state index in [1.54, 1.807) is 6.08 Å².